The van der Waals surface area contributed by atoms with E-state index in [0.717, 1.165) is 0 Å². The summed E-state index contributed by atoms with van der Waals surface area (Å²) in [5, 5.41) is 11.8. The zero-order valence-corrected chi connectivity index (χ0v) is 15.0. The van der Waals surface area contributed by atoms with Gasteiger partial charge in [-0.2, -0.15) is 5.26 Å². The van der Waals surface area contributed by atoms with Crippen molar-refractivity contribution in [2.24, 2.45) is 5.92 Å². The molecule has 1 aromatic rings. The first-order chi connectivity index (χ1) is 11.6. The highest BCUT2D eigenvalue weighted by Gasteiger charge is 2.32. The van der Waals surface area contributed by atoms with Crippen LogP contribution in [0.4, 0.5) is 0 Å². The Morgan fingerprint density at radius 2 is 1.56 bits per heavy atom. The maximum Gasteiger partial charge on any atom is 0.338 e. The van der Waals surface area contributed by atoms with Gasteiger partial charge >= 0.3 is 11.9 Å². The molecule has 0 spiro atoms. The summed E-state index contributed by atoms with van der Waals surface area (Å²) in [5.41, 5.74) is -0.564. The van der Waals surface area contributed by atoms with E-state index in [1.807, 2.05) is 13.8 Å². The molecule has 0 saturated heterocycles. The van der Waals surface area contributed by atoms with Crippen molar-refractivity contribution in [3.05, 3.63) is 35.4 Å². The summed E-state index contributed by atoms with van der Waals surface area (Å²) in [6.45, 7) is 6.65. The number of nitrogens with one attached hydrogen (secondary N) is 1. The fraction of sp³-hybridized carbons (Fsp3) is 0.444. The highest BCUT2D eigenvalue weighted by molar-refractivity contribution is 5.94. The number of hydrogen-bond donors (Lipinski definition) is 1. The number of benzene rings is 1. The number of carbonyl (C=O) groups excluding carboxylic acids is 3. The van der Waals surface area contributed by atoms with Crippen molar-refractivity contribution in [1.29, 1.82) is 5.26 Å². The van der Waals surface area contributed by atoms with Crippen LogP contribution < -0.4 is 5.32 Å². The second-order valence-corrected chi connectivity index (χ2v) is 6.07. The molecule has 0 radical (unpaired) electrons. The first-order valence-corrected chi connectivity index (χ1v) is 7.77. The highest BCUT2D eigenvalue weighted by atomic mass is 16.5. The van der Waals surface area contributed by atoms with Gasteiger partial charge in [0.05, 0.1) is 24.3 Å². The van der Waals surface area contributed by atoms with Crippen molar-refractivity contribution in [3.8, 4) is 6.07 Å². The van der Waals surface area contributed by atoms with E-state index in [9.17, 15) is 19.6 Å². The first-order valence-electron chi connectivity index (χ1n) is 7.77. The highest BCUT2D eigenvalue weighted by Crippen LogP contribution is 2.16. The normalized spacial score (nSPS) is 14.0. The summed E-state index contributed by atoms with van der Waals surface area (Å²) < 4.78 is 9.69. The van der Waals surface area contributed by atoms with Crippen LogP contribution in [0, 0.1) is 17.2 Å². The molecule has 1 amide bonds. The van der Waals surface area contributed by atoms with Crippen LogP contribution in [0.15, 0.2) is 24.3 Å². The predicted octanol–water partition coefficient (Wildman–Crippen LogP) is 2.07. The SMILES string of the molecule is COC(=O)c1ccc(C(=O)OC(C)C(=O)NC(C)(C#N)C(C)C)cc1. The predicted molar refractivity (Wildman–Crippen MR) is 89.7 cm³/mol. The van der Waals surface area contributed by atoms with Gasteiger partial charge in [0.25, 0.3) is 5.91 Å². The minimum absolute atomic E-state index is 0.116. The van der Waals surface area contributed by atoms with Crippen molar-refractivity contribution in [1.82, 2.24) is 5.32 Å². The summed E-state index contributed by atoms with van der Waals surface area (Å²) in [5.74, 6) is -1.90. The van der Waals surface area contributed by atoms with Crippen molar-refractivity contribution in [2.75, 3.05) is 7.11 Å². The third-order valence-corrected chi connectivity index (χ3v) is 3.96. The fourth-order valence-corrected chi connectivity index (χ4v) is 1.80. The Morgan fingerprint density at radius 3 is 1.96 bits per heavy atom. The first kappa shape index (κ1) is 20.2. The lowest BCUT2D eigenvalue weighted by molar-refractivity contribution is -0.130. The fourth-order valence-electron chi connectivity index (χ4n) is 1.80. The smallest absolute Gasteiger partial charge is 0.338 e. The lowest BCUT2D eigenvalue weighted by Crippen LogP contribution is -2.52. The molecule has 0 bridgehead atoms. The number of amides is 1. The summed E-state index contributed by atoms with van der Waals surface area (Å²) in [6.07, 6.45) is -1.07. The summed E-state index contributed by atoms with van der Waals surface area (Å²) in [7, 11) is 1.26. The third kappa shape index (κ3) is 5.05. The molecule has 134 valence electrons. The van der Waals surface area contributed by atoms with E-state index < -0.39 is 29.5 Å². The number of esters is 2. The van der Waals surface area contributed by atoms with E-state index in [-0.39, 0.29) is 11.5 Å². The van der Waals surface area contributed by atoms with Gasteiger partial charge in [-0.3, -0.25) is 4.79 Å². The molecule has 0 aliphatic heterocycles. The largest absolute Gasteiger partial charge is 0.465 e. The maximum absolute atomic E-state index is 12.2. The zero-order valence-electron chi connectivity index (χ0n) is 15.0. The Balaban J connectivity index is 2.75. The van der Waals surface area contributed by atoms with Crippen LogP contribution in [0.25, 0.3) is 0 Å². The van der Waals surface area contributed by atoms with E-state index in [2.05, 4.69) is 16.1 Å². The van der Waals surface area contributed by atoms with Gasteiger partial charge in [-0.15, -0.1) is 0 Å². The van der Waals surface area contributed by atoms with E-state index in [1.165, 1.54) is 38.3 Å². The number of nitrogens with zero attached hydrogens (tertiary/aromatic N) is 1. The Kier molecular flexibility index (Phi) is 6.68. The van der Waals surface area contributed by atoms with E-state index in [1.54, 1.807) is 6.92 Å². The Labute approximate surface area is 146 Å². The average molecular weight is 346 g/mol. The average Bonchev–Trinajstić information content (AvgIpc) is 2.60. The molecule has 0 aliphatic rings. The maximum atomic E-state index is 12.2. The molecule has 0 fully saturated rings. The zero-order chi connectivity index (χ0) is 19.2. The second kappa shape index (κ2) is 8.29. The second-order valence-electron chi connectivity index (χ2n) is 6.07. The summed E-state index contributed by atoms with van der Waals surface area (Å²) in [4.78, 5) is 35.6. The van der Waals surface area contributed by atoms with Gasteiger partial charge < -0.3 is 14.8 Å². The number of methoxy groups -OCH3 is 1. The van der Waals surface area contributed by atoms with Crippen molar-refractivity contribution < 1.29 is 23.9 Å². The molecule has 0 aromatic heterocycles. The van der Waals surface area contributed by atoms with Gasteiger partial charge in [-0.05, 0) is 44.0 Å². The van der Waals surface area contributed by atoms with Gasteiger partial charge in [0.2, 0.25) is 0 Å². The Bertz CT molecular complexity index is 690. The molecule has 1 rings (SSSR count). The molecule has 0 saturated carbocycles. The molecule has 2 atom stereocenters. The van der Waals surface area contributed by atoms with Gasteiger partial charge in [0, 0.05) is 0 Å². The van der Waals surface area contributed by atoms with Gasteiger partial charge in [-0.25, -0.2) is 9.59 Å². The minimum Gasteiger partial charge on any atom is -0.465 e. The molecule has 0 aliphatic carbocycles. The molecule has 2 unspecified atom stereocenters. The van der Waals surface area contributed by atoms with Gasteiger partial charge in [0.15, 0.2) is 6.10 Å². The molecule has 7 heteroatoms. The van der Waals surface area contributed by atoms with Crippen LogP contribution in [0.3, 0.4) is 0 Å². The molecule has 1 N–H and O–H groups in total. The van der Waals surface area contributed by atoms with Crippen LogP contribution in [0.1, 0.15) is 48.4 Å². The summed E-state index contributed by atoms with van der Waals surface area (Å²) >= 11 is 0. The number of nitriles is 1. The van der Waals surface area contributed by atoms with E-state index >= 15 is 0 Å². The van der Waals surface area contributed by atoms with E-state index in [0.29, 0.717) is 5.56 Å². The monoisotopic (exact) mass is 346 g/mol. The molecule has 7 nitrogen and oxygen atoms in total. The quantitative estimate of drug-likeness (QED) is 0.791. The van der Waals surface area contributed by atoms with Crippen molar-refractivity contribution in [3.63, 3.8) is 0 Å². The van der Waals surface area contributed by atoms with Crippen LogP contribution in [-0.4, -0.2) is 36.6 Å². The van der Waals surface area contributed by atoms with Crippen molar-refractivity contribution >= 4 is 17.8 Å². The number of carbonyl (C=O) groups is 3. The van der Waals surface area contributed by atoms with Crippen LogP contribution >= 0.6 is 0 Å². The van der Waals surface area contributed by atoms with Gasteiger partial charge in [-0.1, -0.05) is 13.8 Å². The van der Waals surface area contributed by atoms with Gasteiger partial charge in [0.1, 0.15) is 5.54 Å². The van der Waals surface area contributed by atoms with Crippen LogP contribution in [-0.2, 0) is 14.3 Å². The van der Waals surface area contributed by atoms with E-state index in [4.69, 9.17) is 4.74 Å². The molecule has 1 aromatic carbocycles. The molecule has 25 heavy (non-hydrogen) atoms. The Morgan fingerprint density at radius 1 is 1.08 bits per heavy atom. The van der Waals surface area contributed by atoms with Crippen molar-refractivity contribution in [2.45, 2.75) is 39.3 Å². The third-order valence-electron chi connectivity index (χ3n) is 3.96. The number of ether oxygens (including phenoxy) is 2. The summed E-state index contributed by atoms with van der Waals surface area (Å²) in [6, 6.07) is 7.73. The standard InChI is InChI=1S/C18H22N2O5/c1-11(2)18(4,10-19)20-15(21)12(3)25-17(23)14-8-6-13(7-9-14)16(22)24-5/h6-9,11-12H,1-5H3,(H,20,21). The lowest BCUT2D eigenvalue weighted by Gasteiger charge is -2.28. The topological polar surface area (TPSA) is 105 Å². The van der Waals surface area contributed by atoms with Crippen LogP contribution in [0.2, 0.25) is 0 Å². The molecular weight excluding hydrogens is 324 g/mol. The molecule has 0 heterocycles. The minimum atomic E-state index is -1.07. The Hall–Kier alpha value is -2.88. The number of rotatable bonds is 6. The lowest BCUT2D eigenvalue weighted by atomic mass is 9.90. The van der Waals surface area contributed by atoms with Crippen LogP contribution in [0.5, 0.6) is 0 Å². The molecular formula is C18H22N2O5. The number of hydrogen-bond acceptors (Lipinski definition) is 6.